The van der Waals surface area contributed by atoms with Crippen molar-refractivity contribution in [3.63, 3.8) is 0 Å². The standard InChI is InChI=1S/C15H35O6PSi/c1-9-17-22(16,18-10-2)11-12-23(19-13(3)4,20-14(5)6)21-15(7)8/h13-15H,9-12H2,1-8H3. The number of hydrogen-bond acceptors (Lipinski definition) is 6. The molecule has 0 heterocycles. The molecule has 0 rings (SSSR count). The van der Waals surface area contributed by atoms with Gasteiger partial charge in [-0.1, -0.05) is 0 Å². The molecule has 0 unspecified atom stereocenters. The predicted octanol–water partition coefficient (Wildman–Crippen LogP) is 4.47. The average Bonchev–Trinajstić information content (AvgIpc) is 2.34. The van der Waals surface area contributed by atoms with E-state index in [9.17, 15) is 4.57 Å². The van der Waals surface area contributed by atoms with Gasteiger partial charge in [0.15, 0.2) is 0 Å². The van der Waals surface area contributed by atoms with Gasteiger partial charge in [-0.15, -0.1) is 0 Å². The molecule has 8 heteroatoms. The van der Waals surface area contributed by atoms with Gasteiger partial charge in [-0.3, -0.25) is 4.57 Å². The van der Waals surface area contributed by atoms with Crippen molar-refractivity contribution in [1.82, 2.24) is 0 Å². The maximum Gasteiger partial charge on any atom is 0.502 e. The van der Waals surface area contributed by atoms with Crippen molar-refractivity contribution in [1.29, 1.82) is 0 Å². The molecule has 0 saturated heterocycles. The third kappa shape index (κ3) is 9.97. The van der Waals surface area contributed by atoms with Gasteiger partial charge in [0.1, 0.15) is 0 Å². The lowest BCUT2D eigenvalue weighted by Gasteiger charge is -2.35. The first-order chi connectivity index (χ1) is 10.6. The van der Waals surface area contributed by atoms with Gasteiger partial charge in [0.05, 0.1) is 19.4 Å². The zero-order valence-electron chi connectivity index (χ0n) is 16.0. The third-order valence-corrected chi connectivity index (χ3v) is 8.44. The molecule has 0 aliphatic heterocycles. The van der Waals surface area contributed by atoms with Crippen molar-refractivity contribution in [2.45, 2.75) is 79.7 Å². The van der Waals surface area contributed by atoms with Gasteiger partial charge < -0.3 is 22.3 Å². The molecule has 0 spiro atoms. The first-order valence-corrected chi connectivity index (χ1v) is 12.2. The Hall–Kier alpha value is 0.247. The van der Waals surface area contributed by atoms with Gasteiger partial charge in [-0.05, 0) is 55.4 Å². The lowest BCUT2D eigenvalue weighted by molar-refractivity contribution is 0.00394. The van der Waals surface area contributed by atoms with Crippen LogP contribution in [0.15, 0.2) is 0 Å². The highest BCUT2D eigenvalue weighted by molar-refractivity contribution is 7.54. The van der Waals surface area contributed by atoms with E-state index in [0.29, 0.717) is 19.3 Å². The predicted molar refractivity (Wildman–Crippen MR) is 94.9 cm³/mol. The van der Waals surface area contributed by atoms with Crippen LogP contribution in [-0.4, -0.2) is 46.5 Å². The van der Waals surface area contributed by atoms with E-state index in [-0.39, 0.29) is 24.5 Å². The van der Waals surface area contributed by atoms with Crippen molar-refractivity contribution >= 4 is 16.4 Å². The van der Waals surface area contributed by atoms with Crippen LogP contribution in [0.3, 0.4) is 0 Å². The van der Waals surface area contributed by atoms with Crippen LogP contribution in [0.1, 0.15) is 55.4 Å². The van der Waals surface area contributed by atoms with E-state index >= 15 is 0 Å². The first kappa shape index (κ1) is 23.2. The topological polar surface area (TPSA) is 63.2 Å². The largest absolute Gasteiger partial charge is 0.502 e. The Labute approximate surface area is 143 Å². The smallest absolute Gasteiger partial charge is 0.371 e. The molecular weight excluding hydrogens is 335 g/mol. The summed E-state index contributed by atoms with van der Waals surface area (Å²) in [4.78, 5) is 0. The molecule has 0 N–H and O–H groups in total. The molecular formula is C15H35O6PSi. The second-order valence-corrected chi connectivity index (χ2v) is 10.9. The summed E-state index contributed by atoms with van der Waals surface area (Å²) in [6.45, 7) is 15.9. The van der Waals surface area contributed by atoms with Gasteiger partial charge in [0, 0.05) is 24.4 Å². The summed E-state index contributed by atoms with van der Waals surface area (Å²) in [5.41, 5.74) is 0. The fourth-order valence-corrected chi connectivity index (χ4v) is 8.16. The summed E-state index contributed by atoms with van der Waals surface area (Å²) < 4.78 is 41.7. The molecule has 0 aliphatic rings. The Kier molecular flexibility index (Phi) is 11.1. The second kappa shape index (κ2) is 11.0. The Morgan fingerprint density at radius 3 is 1.39 bits per heavy atom. The van der Waals surface area contributed by atoms with Gasteiger partial charge in [-0.25, -0.2) is 0 Å². The van der Waals surface area contributed by atoms with E-state index in [4.69, 9.17) is 22.3 Å². The van der Waals surface area contributed by atoms with Crippen molar-refractivity contribution in [2.75, 3.05) is 19.4 Å². The summed E-state index contributed by atoms with van der Waals surface area (Å²) >= 11 is 0. The van der Waals surface area contributed by atoms with Gasteiger partial charge in [0.25, 0.3) is 0 Å². The van der Waals surface area contributed by atoms with E-state index in [1.807, 2.05) is 41.5 Å². The van der Waals surface area contributed by atoms with Crippen molar-refractivity contribution in [3.05, 3.63) is 0 Å². The zero-order chi connectivity index (χ0) is 18.1. The van der Waals surface area contributed by atoms with Crippen LogP contribution in [0.2, 0.25) is 6.04 Å². The molecule has 0 amide bonds. The minimum atomic E-state index is -3.15. The Balaban J connectivity index is 5.26. The van der Waals surface area contributed by atoms with Crippen LogP contribution < -0.4 is 0 Å². The second-order valence-electron chi connectivity index (χ2n) is 6.10. The lowest BCUT2D eigenvalue weighted by Crippen LogP contribution is -2.51. The van der Waals surface area contributed by atoms with E-state index in [1.165, 1.54) is 0 Å². The van der Waals surface area contributed by atoms with Crippen LogP contribution in [0, 0.1) is 0 Å². The maximum atomic E-state index is 12.7. The fraction of sp³-hybridized carbons (Fsp3) is 1.00. The highest BCUT2D eigenvalue weighted by Crippen LogP contribution is 2.49. The molecule has 0 aromatic heterocycles. The molecule has 0 fully saturated rings. The molecule has 23 heavy (non-hydrogen) atoms. The fourth-order valence-electron chi connectivity index (χ4n) is 2.17. The molecule has 0 aromatic carbocycles. The van der Waals surface area contributed by atoms with Crippen LogP contribution in [-0.2, 0) is 26.9 Å². The number of rotatable bonds is 13. The van der Waals surface area contributed by atoms with Crippen molar-refractivity contribution < 1.29 is 26.9 Å². The van der Waals surface area contributed by atoms with Crippen molar-refractivity contribution in [2.24, 2.45) is 0 Å². The highest BCUT2D eigenvalue weighted by atomic mass is 31.2. The Morgan fingerprint density at radius 1 is 0.783 bits per heavy atom. The molecule has 0 saturated carbocycles. The van der Waals surface area contributed by atoms with Crippen LogP contribution in [0.5, 0.6) is 0 Å². The third-order valence-electron chi connectivity index (χ3n) is 2.59. The van der Waals surface area contributed by atoms with E-state index in [2.05, 4.69) is 0 Å². The Bertz CT molecular complexity index is 325. The molecule has 140 valence electrons. The van der Waals surface area contributed by atoms with E-state index in [1.54, 1.807) is 13.8 Å². The SMILES string of the molecule is CCOP(=O)(CC[Si](OC(C)C)(OC(C)C)OC(C)C)OCC. The summed E-state index contributed by atoms with van der Waals surface area (Å²) in [5, 5.41) is 0. The Morgan fingerprint density at radius 2 is 1.13 bits per heavy atom. The molecule has 0 aliphatic carbocycles. The van der Waals surface area contributed by atoms with Gasteiger partial charge >= 0.3 is 16.4 Å². The summed E-state index contributed by atoms with van der Waals surface area (Å²) in [6, 6.07) is 0.402. The first-order valence-electron chi connectivity index (χ1n) is 8.49. The molecule has 0 atom stereocenters. The van der Waals surface area contributed by atoms with E-state index < -0.39 is 16.4 Å². The van der Waals surface area contributed by atoms with Crippen molar-refractivity contribution in [3.8, 4) is 0 Å². The molecule has 0 radical (unpaired) electrons. The maximum absolute atomic E-state index is 12.7. The summed E-state index contributed by atoms with van der Waals surface area (Å²) in [5.74, 6) is 0. The molecule has 0 aromatic rings. The minimum Gasteiger partial charge on any atom is -0.371 e. The number of hydrogen-bond donors (Lipinski definition) is 0. The highest BCUT2D eigenvalue weighted by Gasteiger charge is 2.46. The zero-order valence-corrected chi connectivity index (χ0v) is 17.9. The molecule has 6 nitrogen and oxygen atoms in total. The van der Waals surface area contributed by atoms with E-state index in [0.717, 1.165) is 0 Å². The minimum absolute atomic E-state index is 0.0438. The molecule has 0 bridgehead atoms. The van der Waals surface area contributed by atoms with Gasteiger partial charge in [-0.2, -0.15) is 0 Å². The quantitative estimate of drug-likeness (QED) is 0.352. The monoisotopic (exact) mass is 370 g/mol. The van der Waals surface area contributed by atoms with Gasteiger partial charge in [0.2, 0.25) is 0 Å². The average molecular weight is 370 g/mol. The lowest BCUT2D eigenvalue weighted by atomic mass is 10.5. The van der Waals surface area contributed by atoms with Crippen LogP contribution >= 0.6 is 7.60 Å². The van der Waals surface area contributed by atoms with Crippen LogP contribution in [0.25, 0.3) is 0 Å². The summed E-state index contributed by atoms with van der Waals surface area (Å²) in [7, 11) is -6.14. The normalized spacial score (nSPS) is 13.5. The summed E-state index contributed by atoms with van der Waals surface area (Å²) in [6.07, 6.45) is 0.0979. The van der Waals surface area contributed by atoms with Crippen LogP contribution in [0.4, 0.5) is 0 Å².